The number of nitrogens with zero attached hydrogens (tertiary/aromatic N) is 2. The van der Waals surface area contributed by atoms with E-state index in [4.69, 9.17) is 10.00 Å². The third-order valence-electron chi connectivity index (χ3n) is 4.75. The van der Waals surface area contributed by atoms with E-state index in [1.165, 1.54) is 6.07 Å². The van der Waals surface area contributed by atoms with Crippen LogP contribution in [0.5, 0.6) is 5.75 Å². The van der Waals surface area contributed by atoms with Gasteiger partial charge in [-0.25, -0.2) is 0 Å². The zero-order valence-corrected chi connectivity index (χ0v) is 16.5. The molecule has 7 heteroatoms. The summed E-state index contributed by atoms with van der Waals surface area (Å²) in [6, 6.07) is 19.5. The number of nitrogens with one attached hydrogen (secondary N) is 1. The summed E-state index contributed by atoms with van der Waals surface area (Å²) >= 11 is 0. The standard InChI is InChI=1S/C23H19N3O4/c1-15-3-12-21(26(28)29)23(16(15)2)25-22(27)14-30-20-10-8-19(9-11-20)18-6-4-17(13-24)5-7-18/h3-12H,14H2,1-2H3,(H,25,27). The highest BCUT2D eigenvalue weighted by atomic mass is 16.6. The van der Waals surface area contributed by atoms with Crippen molar-refractivity contribution in [2.75, 3.05) is 11.9 Å². The second-order valence-electron chi connectivity index (χ2n) is 6.71. The Bertz CT molecular complexity index is 1130. The van der Waals surface area contributed by atoms with E-state index in [9.17, 15) is 14.9 Å². The number of carbonyl (C=O) groups is 1. The molecule has 0 fully saturated rings. The van der Waals surface area contributed by atoms with Gasteiger partial charge in [0.2, 0.25) is 0 Å². The molecule has 0 aromatic heterocycles. The number of nitro groups is 1. The number of ether oxygens (including phenoxy) is 1. The summed E-state index contributed by atoms with van der Waals surface area (Å²) in [4.78, 5) is 23.0. The first-order chi connectivity index (χ1) is 14.4. The van der Waals surface area contributed by atoms with Crippen LogP contribution >= 0.6 is 0 Å². The molecular weight excluding hydrogens is 382 g/mol. The number of nitro benzene ring substituents is 1. The van der Waals surface area contributed by atoms with Crippen molar-refractivity contribution in [3.8, 4) is 22.9 Å². The lowest BCUT2D eigenvalue weighted by atomic mass is 10.0. The van der Waals surface area contributed by atoms with Gasteiger partial charge in [-0.3, -0.25) is 14.9 Å². The fourth-order valence-corrected chi connectivity index (χ4v) is 2.92. The molecule has 3 aromatic carbocycles. The Morgan fingerprint density at radius 2 is 1.63 bits per heavy atom. The van der Waals surface area contributed by atoms with E-state index >= 15 is 0 Å². The SMILES string of the molecule is Cc1ccc([N+](=O)[O-])c(NC(=O)COc2ccc(-c3ccc(C#N)cc3)cc2)c1C. The average Bonchev–Trinajstić information content (AvgIpc) is 2.76. The van der Waals surface area contributed by atoms with Gasteiger partial charge in [0, 0.05) is 6.07 Å². The molecule has 0 aliphatic heterocycles. The molecule has 0 saturated heterocycles. The highest BCUT2D eigenvalue weighted by Gasteiger charge is 2.19. The Morgan fingerprint density at radius 3 is 2.20 bits per heavy atom. The van der Waals surface area contributed by atoms with Crippen LogP contribution in [0, 0.1) is 35.3 Å². The lowest BCUT2D eigenvalue weighted by molar-refractivity contribution is -0.384. The predicted octanol–water partition coefficient (Wildman–Crippen LogP) is 4.77. The minimum atomic E-state index is -0.523. The molecule has 3 aromatic rings. The molecule has 0 atom stereocenters. The second kappa shape index (κ2) is 8.88. The molecule has 30 heavy (non-hydrogen) atoms. The van der Waals surface area contributed by atoms with E-state index in [1.54, 1.807) is 37.3 Å². The maximum absolute atomic E-state index is 12.3. The molecular formula is C23H19N3O4. The zero-order valence-electron chi connectivity index (χ0n) is 16.5. The van der Waals surface area contributed by atoms with E-state index in [2.05, 4.69) is 11.4 Å². The number of aryl methyl sites for hydroxylation is 1. The summed E-state index contributed by atoms with van der Waals surface area (Å²) in [6.45, 7) is 3.27. The van der Waals surface area contributed by atoms with Gasteiger partial charge in [-0.1, -0.05) is 30.3 Å². The van der Waals surface area contributed by atoms with Gasteiger partial charge in [0.1, 0.15) is 11.4 Å². The highest BCUT2D eigenvalue weighted by molar-refractivity contribution is 5.95. The van der Waals surface area contributed by atoms with Crippen LogP contribution in [0.4, 0.5) is 11.4 Å². The van der Waals surface area contributed by atoms with Gasteiger partial charge in [0.15, 0.2) is 6.61 Å². The lowest BCUT2D eigenvalue weighted by Crippen LogP contribution is -2.21. The summed E-state index contributed by atoms with van der Waals surface area (Å²) in [5.41, 5.74) is 4.01. The van der Waals surface area contributed by atoms with Crippen LogP contribution in [0.25, 0.3) is 11.1 Å². The topological polar surface area (TPSA) is 105 Å². The molecule has 1 N–H and O–H groups in total. The summed E-state index contributed by atoms with van der Waals surface area (Å²) in [7, 11) is 0. The molecule has 0 heterocycles. The molecule has 0 spiro atoms. The van der Waals surface area contributed by atoms with Crippen LogP contribution < -0.4 is 10.1 Å². The molecule has 0 unspecified atom stereocenters. The highest BCUT2D eigenvalue weighted by Crippen LogP contribution is 2.30. The summed E-state index contributed by atoms with van der Waals surface area (Å²) in [6.07, 6.45) is 0. The predicted molar refractivity (Wildman–Crippen MR) is 113 cm³/mol. The fraction of sp³-hybridized carbons (Fsp3) is 0.130. The maximum atomic E-state index is 12.3. The van der Waals surface area contributed by atoms with Crippen LogP contribution in [0.1, 0.15) is 16.7 Å². The minimum absolute atomic E-state index is 0.154. The van der Waals surface area contributed by atoms with E-state index in [0.717, 1.165) is 16.7 Å². The van der Waals surface area contributed by atoms with Gasteiger partial charge in [0.05, 0.1) is 16.6 Å². The number of hydrogen-bond donors (Lipinski definition) is 1. The van der Waals surface area contributed by atoms with Crippen molar-refractivity contribution in [2.45, 2.75) is 13.8 Å². The Labute approximate surface area is 173 Å². The summed E-state index contributed by atoms with van der Waals surface area (Å²) in [5.74, 6) is 0.0148. The molecule has 0 saturated carbocycles. The van der Waals surface area contributed by atoms with E-state index < -0.39 is 10.8 Å². The Balaban J connectivity index is 1.65. The summed E-state index contributed by atoms with van der Waals surface area (Å²) < 4.78 is 5.51. The molecule has 7 nitrogen and oxygen atoms in total. The first-order valence-corrected chi connectivity index (χ1v) is 9.17. The molecule has 0 radical (unpaired) electrons. The van der Waals surface area contributed by atoms with Gasteiger partial charge in [-0.15, -0.1) is 0 Å². The van der Waals surface area contributed by atoms with E-state index in [1.807, 2.05) is 31.2 Å². The third-order valence-corrected chi connectivity index (χ3v) is 4.75. The third kappa shape index (κ3) is 4.62. The number of amides is 1. The number of rotatable bonds is 6. The van der Waals surface area contributed by atoms with Crippen molar-refractivity contribution in [3.63, 3.8) is 0 Å². The first-order valence-electron chi connectivity index (χ1n) is 9.17. The maximum Gasteiger partial charge on any atom is 0.293 e. The van der Waals surface area contributed by atoms with E-state index in [-0.39, 0.29) is 18.0 Å². The molecule has 0 bridgehead atoms. The lowest BCUT2D eigenvalue weighted by Gasteiger charge is -2.12. The smallest absolute Gasteiger partial charge is 0.293 e. The normalized spacial score (nSPS) is 10.2. The van der Waals surface area contributed by atoms with Gasteiger partial charge in [-0.05, 0) is 60.4 Å². The number of hydrogen-bond acceptors (Lipinski definition) is 5. The quantitative estimate of drug-likeness (QED) is 0.473. The minimum Gasteiger partial charge on any atom is -0.484 e. The Kier molecular flexibility index (Phi) is 6.08. The Morgan fingerprint density at radius 1 is 1.03 bits per heavy atom. The van der Waals surface area contributed by atoms with Crippen LogP contribution in [0.3, 0.4) is 0 Å². The zero-order chi connectivity index (χ0) is 21.7. The van der Waals surface area contributed by atoms with Crippen LogP contribution in [0.15, 0.2) is 60.7 Å². The van der Waals surface area contributed by atoms with Crippen molar-refractivity contribution in [1.82, 2.24) is 0 Å². The number of benzene rings is 3. The molecule has 0 aliphatic carbocycles. The van der Waals surface area contributed by atoms with Gasteiger partial charge in [0.25, 0.3) is 11.6 Å². The monoisotopic (exact) mass is 401 g/mol. The van der Waals surface area contributed by atoms with Gasteiger partial charge >= 0.3 is 0 Å². The number of anilines is 1. The van der Waals surface area contributed by atoms with Crippen molar-refractivity contribution in [1.29, 1.82) is 5.26 Å². The molecule has 1 amide bonds. The largest absolute Gasteiger partial charge is 0.484 e. The molecule has 0 aliphatic rings. The first kappa shape index (κ1) is 20.6. The van der Waals surface area contributed by atoms with Crippen molar-refractivity contribution < 1.29 is 14.5 Å². The second-order valence-corrected chi connectivity index (χ2v) is 6.71. The van der Waals surface area contributed by atoms with Crippen molar-refractivity contribution >= 4 is 17.3 Å². The van der Waals surface area contributed by atoms with E-state index in [0.29, 0.717) is 16.9 Å². The molecule has 3 rings (SSSR count). The van der Waals surface area contributed by atoms with Crippen LogP contribution in [0.2, 0.25) is 0 Å². The number of carbonyl (C=O) groups excluding carboxylic acids is 1. The fourth-order valence-electron chi connectivity index (χ4n) is 2.92. The summed E-state index contributed by atoms with van der Waals surface area (Å²) in [5, 5.41) is 22.7. The van der Waals surface area contributed by atoms with Crippen molar-refractivity contribution in [2.24, 2.45) is 0 Å². The molecule has 150 valence electrons. The van der Waals surface area contributed by atoms with Gasteiger partial charge < -0.3 is 10.1 Å². The Hall–Kier alpha value is -4.18. The average molecular weight is 401 g/mol. The van der Waals surface area contributed by atoms with Crippen LogP contribution in [-0.2, 0) is 4.79 Å². The van der Waals surface area contributed by atoms with Crippen LogP contribution in [-0.4, -0.2) is 17.4 Å². The van der Waals surface area contributed by atoms with Gasteiger partial charge in [-0.2, -0.15) is 5.26 Å². The van der Waals surface area contributed by atoms with Crippen molar-refractivity contribution in [3.05, 3.63) is 87.5 Å². The number of nitriles is 1.